The van der Waals surface area contributed by atoms with Crippen LogP contribution < -0.4 is 9.80 Å². The van der Waals surface area contributed by atoms with Crippen molar-refractivity contribution in [1.82, 2.24) is 0 Å². The first kappa shape index (κ1) is 38.0. The molecule has 2 heterocycles. The molecule has 0 N–H and O–H groups in total. The van der Waals surface area contributed by atoms with Crippen molar-refractivity contribution in [3.05, 3.63) is 138 Å². The van der Waals surface area contributed by atoms with Crippen LogP contribution in [0.4, 0.5) is 11.4 Å². The van der Waals surface area contributed by atoms with E-state index in [9.17, 15) is 19.2 Å². The van der Waals surface area contributed by atoms with Crippen LogP contribution in [0.2, 0.25) is 0 Å². The van der Waals surface area contributed by atoms with Gasteiger partial charge in [-0.2, -0.15) is 0 Å². The van der Waals surface area contributed by atoms with Crippen molar-refractivity contribution in [2.24, 2.45) is 0 Å². The van der Waals surface area contributed by atoms with Gasteiger partial charge in [0.15, 0.2) is 0 Å². The van der Waals surface area contributed by atoms with Gasteiger partial charge >= 0.3 is 0 Å². The molecule has 0 aromatic heterocycles. The number of halogens is 2. The van der Waals surface area contributed by atoms with E-state index in [-0.39, 0.29) is 47.3 Å². The fourth-order valence-corrected chi connectivity index (χ4v) is 9.62. The zero-order valence-electron chi connectivity index (χ0n) is 32.7. The first-order valence-corrected chi connectivity index (χ1v) is 20.8. The Hall–Kier alpha value is -4.92. The predicted octanol–water partition coefficient (Wildman–Crippen LogP) is 13.3. The Morgan fingerprint density at radius 2 is 0.661 bits per heavy atom. The molecule has 4 amide bonds. The van der Waals surface area contributed by atoms with E-state index in [1.807, 2.05) is 72.8 Å². The van der Waals surface area contributed by atoms with Crippen molar-refractivity contribution in [1.29, 1.82) is 0 Å². The van der Waals surface area contributed by atoms with Gasteiger partial charge in [-0.3, -0.25) is 19.2 Å². The summed E-state index contributed by atoms with van der Waals surface area (Å²) in [7, 11) is 0. The molecular formula is C48H42Br2N2O4. The lowest BCUT2D eigenvalue weighted by Gasteiger charge is -2.33. The van der Waals surface area contributed by atoms with Crippen LogP contribution in [0.25, 0.3) is 32.7 Å². The highest BCUT2D eigenvalue weighted by Crippen LogP contribution is 2.47. The number of amides is 4. The predicted molar refractivity (Wildman–Crippen MR) is 234 cm³/mol. The van der Waals surface area contributed by atoms with Gasteiger partial charge in [0.05, 0.1) is 11.4 Å². The van der Waals surface area contributed by atoms with Crippen molar-refractivity contribution >= 4 is 88.4 Å². The highest BCUT2D eigenvalue weighted by atomic mass is 79.9. The molecule has 0 unspecified atom stereocenters. The molecular weight excluding hydrogens is 828 g/mol. The zero-order valence-corrected chi connectivity index (χ0v) is 35.8. The number of imide groups is 2. The van der Waals surface area contributed by atoms with Crippen LogP contribution in [0.15, 0.2) is 93.9 Å². The molecule has 0 saturated carbocycles. The molecule has 0 fully saturated rings. The van der Waals surface area contributed by atoms with Gasteiger partial charge in [0.25, 0.3) is 23.6 Å². The quantitative estimate of drug-likeness (QED) is 0.150. The smallest absolute Gasteiger partial charge is 0.266 e. The summed E-state index contributed by atoms with van der Waals surface area (Å²) in [6, 6.07) is 26.7. The lowest BCUT2D eigenvalue weighted by Crippen LogP contribution is -2.42. The topological polar surface area (TPSA) is 74.8 Å². The van der Waals surface area contributed by atoms with Crippen molar-refractivity contribution in [3.8, 4) is 11.1 Å². The molecule has 0 aliphatic carbocycles. The monoisotopic (exact) mass is 868 g/mol. The summed E-state index contributed by atoms with van der Waals surface area (Å²) in [5.74, 6) is -1.21. The first-order valence-electron chi connectivity index (χ1n) is 19.2. The number of carbonyl (C=O) groups excluding carboxylic acids is 4. The fourth-order valence-electron chi connectivity index (χ4n) is 8.63. The molecule has 8 heteroatoms. The third-order valence-electron chi connectivity index (χ3n) is 11.3. The van der Waals surface area contributed by atoms with Crippen molar-refractivity contribution in [2.45, 2.75) is 79.1 Å². The summed E-state index contributed by atoms with van der Waals surface area (Å²) in [5, 5.41) is 2.70. The van der Waals surface area contributed by atoms with Crippen molar-refractivity contribution in [2.75, 3.05) is 9.80 Å². The molecule has 0 atom stereocenters. The summed E-state index contributed by atoms with van der Waals surface area (Å²) in [6.07, 6.45) is 0. The second-order valence-electron chi connectivity index (χ2n) is 16.2. The average molecular weight is 871 g/mol. The van der Waals surface area contributed by atoms with Gasteiger partial charge in [-0.1, -0.05) is 124 Å². The molecule has 6 aromatic rings. The molecule has 2 aliphatic rings. The van der Waals surface area contributed by atoms with E-state index < -0.39 is 0 Å². The summed E-state index contributed by atoms with van der Waals surface area (Å²) < 4.78 is 1.81. The number of benzene rings is 6. The van der Waals surface area contributed by atoms with Crippen LogP contribution in [0, 0.1) is 0 Å². The summed E-state index contributed by atoms with van der Waals surface area (Å²) in [5.41, 5.74) is 8.39. The van der Waals surface area contributed by atoms with Crippen LogP contribution >= 0.6 is 31.9 Å². The van der Waals surface area contributed by atoms with Gasteiger partial charge < -0.3 is 0 Å². The Morgan fingerprint density at radius 3 is 0.946 bits per heavy atom. The van der Waals surface area contributed by atoms with E-state index in [1.54, 1.807) is 12.1 Å². The molecule has 6 nitrogen and oxygen atoms in total. The van der Waals surface area contributed by atoms with E-state index in [4.69, 9.17) is 0 Å². The molecule has 0 bridgehead atoms. The SMILES string of the molecule is CC(C)c1cc(Br)cc(C(C)C)c1N1C(=O)c2cccc3c(-c4ccc5c6c(cccc46)C(=O)N(c4c(C(C)C)cc(Br)cc4C(C)C)C5=O)ccc(c23)C1=O. The maximum absolute atomic E-state index is 14.6. The second-order valence-corrected chi connectivity index (χ2v) is 18.0. The number of hydrogen-bond donors (Lipinski definition) is 0. The largest absolute Gasteiger partial charge is 0.268 e. The molecule has 8 rings (SSSR count). The van der Waals surface area contributed by atoms with Crippen LogP contribution in [0.3, 0.4) is 0 Å². The Kier molecular flexibility index (Phi) is 9.44. The van der Waals surface area contributed by atoms with Crippen LogP contribution in [0.1, 0.15) is 143 Å². The molecule has 0 saturated heterocycles. The van der Waals surface area contributed by atoms with E-state index in [1.165, 1.54) is 9.80 Å². The average Bonchev–Trinajstić information content (AvgIpc) is 3.16. The van der Waals surface area contributed by atoms with E-state index in [2.05, 4.69) is 87.2 Å². The van der Waals surface area contributed by atoms with Crippen LogP contribution in [-0.2, 0) is 0 Å². The number of nitrogens with zero attached hydrogens (tertiary/aromatic N) is 2. The van der Waals surface area contributed by atoms with Gasteiger partial charge in [0.2, 0.25) is 0 Å². The summed E-state index contributed by atoms with van der Waals surface area (Å²) in [4.78, 5) is 61.3. The standard InChI is InChI=1S/C48H42Br2N2O4/c1-23(2)37-19-27(49)20-38(24(3)4)43(37)51-45(53)33-13-9-11-31-29(15-17-35(41(31)33)47(51)55)30-16-18-36-42-32(30)12-10-14-34(42)46(54)52(48(36)56)44-39(25(5)6)21-28(50)22-40(44)26(7)8/h9-26H,1-8H3. The zero-order chi connectivity index (χ0) is 40.1. The van der Waals surface area contributed by atoms with Gasteiger partial charge in [-0.05, 0) is 116 Å². The molecule has 6 aromatic carbocycles. The molecule has 2 aliphatic heterocycles. The Bertz CT molecular complexity index is 2440. The van der Waals surface area contributed by atoms with Crippen LogP contribution in [-0.4, -0.2) is 23.6 Å². The van der Waals surface area contributed by atoms with E-state index >= 15 is 0 Å². The molecule has 0 radical (unpaired) electrons. The molecule has 282 valence electrons. The molecule has 56 heavy (non-hydrogen) atoms. The van der Waals surface area contributed by atoms with Crippen molar-refractivity contribution in [3.63, 3.8) is 0 Å². The highest BCUT2D eigenvalue weighted by Gasteiger charge is 2.40. The lowest BCUT2D eigenvalue weighted by atomic mass is 9.84. The van der Waals surface area contributed by atoms with Gasteiger partial charge in [0, 0.05) is 42.0 Å². The van der Waals surface area contributed by atoms with Gasteiger partial charge in [0.1, 0.15) is 0 Å². The van der Waals surface area contributed by atoms with E-state index in [0.29, 0.717) is 44.4 Å². The number of anilines is 2. The van der Waals surface area contributed by atoms with Gasteiger partial charge in [-0.15, -0.1) is 0 Å². The van der Waals surface area contributed by atoms with Crippen LogP contribution in [0.5, 0.6) is 0 Å². The minimum Gasteiger partial charge on any atom is -0.268 e. The van der Waals surface area contributed by atoms with Crippen molar-refractivity contribution < 1.29 is 19.2 Å². The Labute approximate surface area is 344 Å². The lowest BCUT2D eigenvalue weighted by molar-refractivity contribution is 0.0877. The summed E-state index contributed by atoms with van der Waals surface area (Å²) in [6.45, 7) is 16.6. The maximum Gasteiger partial charge on any atom is 0.266 e. The Morgan fingerprint density at radius 1 is 0.393 bits per heavy atom. The minimum absolute atomic E-state index is 0.0587. The van der Waals surface area contributed by atoms with Gasteiger partial charge in [-0.25, -0.2) is 9.80 Å². The third-order valence-corrected chi connectivity index (χ3v) is 12.2. The number of rotatable bonds is 7. The third kappa shape index (κ3) is 5.70. The number of hydrogen-bond acceptors (Lipinski definition) is 4. The Balaban J connectivity index is 1.30. The fraction of sp³-hybridized carbons (Fsp3) is 0.250. The maximum atomic E-state index is 14.6. The highest BCUT2D eigenvalue weighted by molar-refractivity contribution is 9.10. The normalized spacial score (nSPS) is 14.2. The second kappa shape index (κ2) is 13.9. The number of carbonyl (C=O) groups is 4. The minimum atomic E-state index is -0.362. The summed E-state index contributed by atoms with van der Waals surface area (Å²) >= 11 is 7.32. The van der Waals surface area contributed by atoms with E-state index in [0.717, 1.165) is 53.1 Å². The first-order chi connectivity index (χ1) is 26.6. The molecule has 0 spiro atoms.